The van der Waals surface area contributed by atoms with Crippen molar-refractivity contribution in [2.24, 2.45) is 0 Å². The van der Waals surface area contributed by atoms with Crippen molar-refractivity contribution < 1.29 is 4.42 Å². The Hall–Kier alpha value is -2.39. The van der Waals surface area contributed by atoms with E-state index < -0.39 is 0 Å². The highest BCUT2D eigenvalue weighted by molar-refractivity contribution is 8.00. The van der Waals surface area contributed by atoms with Crippen LogP contribution in [0.15, 0.2) is 40.1 Å². The third-order valence-corrected chi connectivity index (χ3v) is 3.42. The molecule has 0 spiro atoms. The molecule has 1 aromatic carbocycles. The van der Waals surface area contributed by atoms with Crippen molar-refractivity contribution in [1.82, 2.24) is 9.97 Å². The first-order chi connectivity index (χ1) is 9.28. The van der Waals surface area contributed by atoms with Crippen LogP contribution >= 0.6 is 11.9 Å². The lowest BCUT2D eigenvalue weighted by atomic mass is 10.2. The van der Waals surface area contributed by atoms with Gasteiger partial charge in [-0.05, 0) is 6.07 Å². The van der Waals surface area contributed by atoms with Crippen molar-refractivity contribution in [3.63, 3.8) is 0 Å². The van der Waals surface area contributed by atoms with E-state index in [1.54, 1.807) is 19.4 Å². The largest absolute Gasteiger partial charge is 0.448 e. The van der Waals surface area contributed by atoms with Gasteiger partial charge in [-0.3, -0.25) is 0 Å². The summed E-state index contributed by atoms with van der Waals surface area (Å²) in [4.78, 5) is 7.31. The first kappa shape index (κ1) is 11.7. The maximum Gasteiger partial charge on any atom is 0.192 e. The highest BCUT2D eigenvalue weighted by atomic mass is 32.2. The van der Waals surface area contributed by atoms with Gasteiger partial charge in [0, 0.05) is 30.5 Å². The molecule has 0 bridgehead atoms. The molecule has 0 saturated carbocycles. The van der Waals surface area contributed by atoms with Gasteiger partial charge in [0.2, 0.25) is 0 Å². The maximum absolute atomic E-state index is 9.01. The first-order valence-corrected chi connectivity index (χ1v) is 6.45. The Morgan fingerprint density at radius 1 is 1.47 bits per heavy atom. The van der Waals surface area contributed by atoms with Crippen LogP contribution < -0.4 is 4.72 Å². The summed E-state index contributed by atoms with van der Waals surface area (Å²) in [5.74, 6) is 0.633. The molecule has 0 aliphatic rings. The minimum absolute atomic E-state index is 0.633. The number of hydrogen-bond acceptors (Lipinski definition) is 5. The Bertz CT molecular complexity index is 768. The van der Waals surface area contributed by atoms with Gasteiger partial charge in [-0.2, -0.15) is 5.26 Å². The van der Waals surface area contributed by atoms with Crippen LogP contribution in [0, 0.1) is 18.3 Å². The van der Waals surface area contributed by atoms with Crippen molar-refractivity contribution >= 4 is 28.5 Å². The summed E-state index contributed by atoms with van der Waals surface area (Å²) in [7, 11) is 0. The number of nitriles is 1. The Morgan fingerprint density at radius 2 is 2.37 bits per heavy atom. The second-order valence-electron chi connectivity index (χ2n) is 3.95. The van der Waals surface area contributed by atoms with Crippen LogP contribution in [-0.4, -0.2) is 9.97 Å². The molecule has 0 saturated heterocycles. The van der Waals surface area contributed by atoms with Gasteiger partial charge < -0.3 is 14.1 Å². The molecule has 2 aromatic heterocycles. The summed E-state index contributed by atoms with van der Waals surface area (Å²) in [5, 5.41) is 10.7. The molecule has 6 heteroatoms. The third-order valence-electron chi connectivity index (χ3n) is 2.70. The van der Waals surface area contributed by atoms with E-state index in [1.165, 1.54) is 11.9 Å². The third kappa shape index (κ3) is 2.16. The summed E-state index contributed by atoms with van der Waals surface area (Å²) < 4.78 is 8.35. The second-order valence-corrected chi connectivity index (χ2v) is 4.78. The molecule has 0 radical (unpaired) electrons. The number of nitrogens with zero attached hydrogens (tertiary/aromatic N) is 2. The van der Waals surface area contributed by atoms with Gasteiger partial charge in [0.05, 0.1) is 16.8 Å². The number of aromatic amines is 1. The minimum Gasteiger partial charge on any atom is -0.448 e. The molecule has 3 rings (SSSR count). The molecule has 3 aromatic rings. The smallest absolute Gasteiger partial charge is 0.192 e. The predicted octanol–water partition coefficient (Wildman–Crippen LogP) is 3.46. The van der Waals surface area contributed by atoms with Crippen molar-refractivity contribution in [1.29, 1.82) is 5.26 Å². The zero-order chi connectivity index (χ0) is 13.2. The Balaban J connectivity index is 1.89. The molecule has 2 heterocycles. The molecule has 2 N–H and O–H groups in total. The highest BCUT2D eigenvalue weighted by Gasteiger charge is 2.08. The number of aryl methyl sites for hydroxylation is 1. The fraction of sp³-hybridized carbons (Fsp3) is 0.0769. The van der Waals surface area contributed by atoms with E-state index in [9.17, 15) is 0 Å². The topological polar surface area (TPSA) is 77.6 Å². The van der Waals surface area contributed by atoms with E-state index in [2.05, 4.69) is 20.8 Å². The number of aromatic nitrogens is 2. The number of rotatable bonds is 3. The lowest BCUT2D eigenvalue weighted by Gasteiger charge is -2.04. The van der Waals surface area contributed by atoms with E-state index in [4.69, 9.17) is 9.68 Å². The molecule has 5 nitrogen and oxygen atoms in total. The molecule has 0 unspecified atom stereocenters. The van der Waals surface area contributed by atoms with E-state index in [1.807, 2.05) is 18.2 Å². The van der Waals surface area contributed by atoms with E-state index in [0.717, 1.165) is 21.6 Å². The quantitative estimate of drug-likeness (QED) is 0.713. The van der Waals surface area contributed by atoms with Crippen LogP contribution in [0.4, 0.5) is 5.69 Å². The summed E-state index contributed by atoms with van der Waals surface area (Å²) >= 11 is 1.37. The van der Waals surface area contributed by atoms with E-state index in [-0.39, 0.29) is 0 Å². The number of H-pyrrole nitrogens is 1. The predicted molar refractivity (Wildman–Crippen MR) is 73.7 cm³/mol. The Labute approximate surface area is 113 Å². The van der Waals surface area contributed by atoms with E-state index >= 15 is 0 Å². The number of oxazole rings is 1. The lowest BCUT2D eigenvalue weighted by Crippen LogP contribution is -1.88. The van der Waals surface area contributed by atoms with Gasteiger partial charge in [-0.15, -0.1) is 0 Å². The van der Waals surface area contributed by atoms with Crippen molar-refractivity contribution in [3.8, 4) is 6.07 Å². The van der Waals surface area contributed by atoms with Crippen molar-refractivity contribution in [3.05, 3.63) is 42.1 Å². The van der Waals surface area contributed by atoms with Gasteiger partial charge in [0.25, 0.3) is 0 Å². The Morgan fingerprint density at radius 3 is 3.11 bits per heavy atom. The number of nitrogens with one attached hydrogen (secondary N) is 2. The van der Waals surface area contributed by atoms with E-state index in [0.29, 0.717) is 11.5 Å². The lowest BCUT2D eigenvalue weighted by molar-refractivity contribution is 0.520. The zero-order valence-corrected chi connectivity index (χ0v) is 10.9. The fourth-order valence-electron chi connectivity index (χ4n) is 1.83. The van der Waals surface area contributed by atoms with Crippen LogP contribution in [0.25, 0.3) is 10.9 Å². The number of benzene rings is 1. The number of anilines is 1. The average molecular weight is 270 g/mol. The first-order valence-electron chi connectivity index (χ1n) is 5.63. The molecule has 19 heavy (non-hydrogen) atoms. The normalized spacial score (nSPS) is 10.5. The molecule has 0 aliphatic heterocycles. The minimum atomic E-state index is 0.633. The fourth-order valence-corrected chi connectivity index (χ4v) is 2.48. The molecular formula is C13H10N4OS. The summed E-state index contributed by atoms with van der Waals surface area (Å²) in [6, 6.07) is 7.93. The van der Waals surface area contributed by atoms with Gasteiger partial charge in [0.1, 0.15) is 12.3 Å². The number of hydrogen-bond donors (Lipinski definition) is 2. The monoisotopic (exact) mass is 270 g/mol. The molecule has 0 aliphatic carbocycles. The van der Waals surface area contributed by atoms with Crippen LogP contribution in [0.1, 0.15) is 11.5 Å². The molecular weight excluding hydrogens is 260 g/mol. The summed E-state index contributed by atoms with van der Waals surface area (Å²) in [6.07, 6.45) is 3.31. The van der Waals surface area contributed by atoms with Crippen LogP contribution in [-0.2, 0) is 0 Å². The second kappa shape index (κ2) is 4.71. The maximum atomic E-state index is 9.01. The highest BCUT2D eigenvalue weighted by Crippen LogP contribution is 2.28. The van der Waals surface area contributed by atoms with Gasteiger partial charge in [0.15, 0.2) is 10.9 Å². The summed E-state index contributed by atoms with van der Waals surface area (Å²) in [5.41, 5.74) is 2.46. The number of fused-ring (bicyclic) bond motifs is 1. The summed E-state index contributed by atoms with van der Waals surface area (Å²) in [6.45, 7) is 1.80. The molecule has 0 atom stereocenters. The van der Waals surface area contributed by atoms with Crippen molar-refractivity contribution in [2.45, 2.75) is 11.9 Å². The van der Waals surface area contributed by atoms with Gasteiger partial charge in [-0.1, -0.05) is 12.1 Å². The molecule has 94 valence electrons. The average Bonchev–Trinajstić information content (AvgIpc) is 3.02. The number of para-hydroxylation sites is 1. The van der Waals surface area contributed by atoms with Crippen LogP contribution in [0.5, 0.6) is 0 Å². The van der Waals surface area contributed by atoms with Crippen LogP contribution in [0.2, 0.25) is 0 Å². The van der Waals surface area contributed by atoms with Crippen LogP contribution in [0.3, 0.4) is 0 Å². The standard InChI is InChI=1S/C13H10N4OS/c1-8-16-12(7-18-8)19-17-11-4-2-3-10-9(5-14)6-15-13(10)11/h2-4,6-7,15,17H,1H3. The molecule has 0 fully saturated rings. The zero-order valence-electron chi connectivity index (χ0n) is 10.1. The van der Waals surface area contributed by atoms with Gasteiger partial charge in [-0.25, -0.2) is 4.98 Å². The SMILES string of the molecule is Cc1nc(SNc2cccc3c(C#N)c[nH]c23)co1. The van der Waals surface area contributed by atoms with Crippen molar-refractivity contribution in [2.75, 3.05) is 4.72 Å². The molecule has 0 amide bonds. The van der Waals surface area contributed by atoms with Gasteiger partial charge >= 0.3 is 0 Å². The Kier molecular flexibility index (Phi) is 2.89.